The minimum atomic E-state index is -3.77. The first-order valence-electron chi connectivity index (χ1n) is 7.82. The summed E-state index contributed by atoms with van der Waals surface area (Å²) in [5, 5.41) is 3.24. The standard InChI is InChI=1S/C16H23ClN2O3S.ClH/c1-12(10-18)11-19-15(20)16(8-2-3-9-16)23(21,22)14-6-4-13(17)5-7-14;/h4-7,12H,2-3,8-11,18H2,1H3,(H,19,20);1H. The third-order valence-corrected chi connectivity index (χ3v) is 7.24. The molecule has 0 aromatic heterocycles. The second-order valence-corrected chi connectivity index (χ2v) is 8.91. The Labute approximate surface area is 154 Å². The predicted octanol–water partition coefficient (Wildman–Crippen LogP) is 2.56. The maximum atomic E-state index is 13.1. The molecule has 1 aromatic carbocycles. The fourth-order valence-electron chi connectivity index (χ4n) is 2.91. The van der Waals surface area contributed by atoms with Gasteiger partial charge in [-0.1, -0.05) is 31.4 Å². The molecule has 1 aromatic rings. The van der Waals surface area contributed by atoms with Crippen molar-refractivity contribution in [3.8, 4) is 0 Å². The number of carbonyl (C=O) groups is 1. The van der Waals surface area contributed by atoms with Crippen molar-refractivity contribution in [2.24, 2.45) is 11.7 Å². The maximum absolute atomic E-state index is 13.1. The number of rotatable bonds is 6. The van der Waals surface area contributed by atoms with Crippen molar-refractivity contribution in [3.63, 3.8) is 0 Å². The predicted molar refractivity (Wildman–Crippen MR) is 98.3 cm³/mol. The summed E-state index contributed by atoms with van der Waals surface area (Å²) in [6.45, 7) is 2.74. The minimum Gasteiger partial charge on any atom is -0.354 e. The molecule has 1 saturated carbocycles. The Balaban J connectivity index is 0.00000288. The zero-order valence-corrected chi connectivity index (χ0v) is 16.0. The summed E-state index contributed by atoms with van der Waals surface area (Å²) in [4.78, 5) is 12.9. The van der Waals surface area contributed by atoms with Gasteiger partial charge in [0.2, 0.25) is 5.91 Å². The zero-order chi connectivity index (χ0) is 17.1. The van der Waals surface area contributed by atoms with Crippen molar-refractivity contribution in [2.45, 2.75) is 42.2 Å². The number of nitrogens with one attached hydrogen (secondary N) is 1. The highest BCUT2D eigenvalue weighted by Crippen LogP contribution is 2.41. The van der Waals surface area contributed by atoms with Gasteiger partial charge in [0, 0.05) is 11.6 Å². The van der Waals surface area contributed by atoms with Gasteiger partial charge in [0.15, 0.2) is 14.6 Å². The summed E-state index contributed by atoms with van der Waals surface area (Å²) in [5.41, 5.74) is 5.55. The monoisotopic (exact) mass is 394 g/mol. The van der Waals surface area contributed by atoms with Gasteiger partial charge in [0.05, 0.1) is 4.90 Å². The lowest BCUT2D eigenvalue weighted by molar-refractivity contribution is -0.123. The van der Waals surface area contributed by atoms with E-state index >= 15 is 0 Å². The van der Waals surface area contributed by atoms with Crippen molar-refractivity contribution >= 4 is 39.8 Å². The third-order valence-electron chi connectivity index (χ3n) is 4.48. The van der Waals surface area contributed by atoms with Crippen LogP contribution in [0.25, 0.3) is 0 Å². The first kappa shape index (κ1) is 21.2. The maximum Gasteiger partial charge on any atom is 0.241 e. The topological polar surface area (TPSA) is 89.3 Å². The number of amides is 1. The molecule has 24 heavy (non-hydrogen) atoms. The SMILES string of the molecule is CC(CN)CNC(=O)C1(S(=O)(=O)c2ccc(Cl)cc2)CCCC1.Cl. The zero-order valence-electron chi connectivity index (χ0n) is 13.6. The number of sulfone groups is 1. The summed E-state index contributed by atoms with van der Waals surface area (Å²) >= 11 is 5.83. The molecule has 136 valence electrons. The molecule has 0 spiro atoms. The van der Waals surface area contributed by atoms with E-state index in [-0.39, 0.29) is 23.2 Å². The summed E-state index contributed by atoms with van der Waals surface area (Å²) in [6, 6.07) is 6.00. The van der Waals surface area contributed by atoms with Crippen molar-refractivity contribution in [1.29, 1.82) is 0 Å². The van der Waals surface area contributed by atoms with E-state index < -0.39 is 20.5 Å². The number of benzene rings is 1. The summed E-state index contributed by atoms with van der Waals surface area (Å²) in [7, 11) is -3.77. The van der Waals surface area contributed by atoms with Crippen LogP contribution >= 0.6 is 24.0 Å². The number of nitrogens with two attached hydrogens (primary N) is 1. The van der Waals surface area contributed by atoms with Crippen molar-refractivity contribution in [2.75, 3.05) is 13.1 Å². The first-order valence-corrected chi connectivity index (χ1v) is 9.68. The van der Waals surface area contributed by atoms with E-state index in [4.69, 9.17) is 17.3 Å². The Morgan fingerprint density at radius 3 is 2.33 bits per heavy atom. The van der Waals surface area contributed by atoms with Crippen molar-refractivity contribution in [1.82, 2.24) is 5.32 Å². The molecule has 0 bridgehead atoms. The highest BCUT2D eigenvalue weighted by atomic mass is 35.5. The van der Waals surface area contributed by atoms with Crippen LogP contribution in [0.15, 0.2) is 29.2 Å². The van der Waals surface area contributed by atoms with Crippen LogP contribution in [0, 0.1) is 5.92 Å². The Kier molecular flexibility index (Phi) is 7.53. The molecule has 0 radical (unpaired) electrons. The fraction of sp³-hybridized carbons (Fsp3) is 0.562. The molecular formula is C16H24Cl2N2O3S. The molecule has 0 aliphatic heterocycles. The lowest BCUT2D eigenvalue weighted by atomic mass is 10.1. The minimum absolute atomic E-state index is 0. The van der Waals surface area contributed by atoms with Gasteiger partial charge < -0.3 is 11.1 Å². The smallest absolute Gasteiger partial charge is 0.241 e. The van der Waals surface area contributed by atoms with Crippen LogP contribution in [0.3, 0.4) is 0 Å². The number of halogens is 2. The lowest BCUT2D eigenvalue weighted by Gasteiger charge is -2.28. The van der Waals surface area contributed by atoms with Gasteiger partial charge in [-0.05, 0) is 49.6 Å². The fourth-order valence-corrected chi connectivity index (χ4v) is 5.13. The van der Waals surface area contributed by atoms with E-state index in [0.717, 1.165) is 12.8 Å². The summed E-state index contributed by atoms with van der Waals surface area (Å²) < 4.78 is 24.8. The molecule has 1 amide bonds. The number of carbonyl (C=O) groups excluding carboxylic acids is 1. The Hall–Kier alpha value is -0.820. The van der Waals surface area contributed by atoms with Gasteiger partial charge in [0.1, 0.15) is 0 Å². The quantitative estimate of drug-likeness (QED) is 0.775. The highest BCUT2D eigenvalue weighted by molar-refractivity contribution is 7.93. The average molecular weight is 395 g/mol. The molecule has 1 atom stereocenters. The van der Waals surface area contributed by atoms with Crippen molar-refractivity contribution in [3.05, 3.63) is 29.3 Å². The number of hydrogen-bond acceptors (Lipinski definition) is 4. The van der Waals surface area contributed by atoms with E-state index in [9.17, 15) is 13.2 Å². The van der Waals surface area contributed by atoms with Crippen LogP contribution in [0.1, 0.15) is 32.6 Å². The molecule has 1 aliphatic rings. The molecule has 1 aliphatic carbocycles. The van der Waals surface area contributed by atoms with E-state index in [1.165, 1.54) is 24.3 Å². The molecule has 0 saturated heterocycles. The summed E-state index contributed by atoms with van der Waals surface area (Å²) in [6.07, 6.45) is 2.15. The van der Waals surface area contributed by atoms with Gasteiger partial charge in [0.25, 0.3) is 0 Å². The van der Waals surface area contributed by atoms with Crippen LogP contribution in [0.4, 0.5) is 0 Å². The van der Waals surface area contributed by atoms with Gasteiger partial charge in [-0.2, -0.15) is 0 Å². The number of hydrogen-bond donors (Lipinski definition) is 2. The molecule has 1 fully saturated rings. The molecule has 1 unspecified atom stereocenters. The Bertz CT molecular complexity index is 656. The second kappa shape index (κ2) is 8.52. The first-order chi connectivity index (χ1) is 10.8. The van der Waals surface area contributed by atoms with Crippen LogP contribution < -0.4 is 11.1 Å². The normalized spacial score (nSPS) is 17.8. The Morgan fingerprint density at radius 1 is 1.29 bits per heavy atom. The van der Waals surface area contributed by atoms with E-state index in [1.807, 2.05) is 6.92 Å². The van der Waals surface area contributed by atoms with Gasteiger partial charge in [-0.3, -0.25) is 4.79 Å². The molecular weight excluding hydrogens is 371 g/mol. The summed E-state index contributed by atoms with van der Waals surface area (Å²) in [5.74, 6) is -0.305. The van der Waals surface area contributed by atoms with Gasteiger partial charge >= 0.3 is 0 Å². The Morgan fingerprint density at radius 2 is 1.83 bits per heavy atom. The molecule has 0 heterocycles. The van der Waals surface area contributed by atoms with Gasteiger partial charge in [-0.15, -0.1) is 12.4 Å². The van der Waals surface area contributed by atoms with Crippen LogP contribution in [0.2, 0.25) is 5.02 Å². The van der Waals surface area contributed by atoms with Crippen LogP contribution in [-0.4, -0.2) is 32.2 Å². The molecule has 3 N–H and O–H groups in total. The lowest BCUT2D eigenvalue weighted by Crippen LogP contribution is -2.51. The van der Waals surface area contributed by atoms with Crippen LogP contribution in [0.5, 0.6) is 0 Å². The molecule has 2 rings (SSSR count). The molecule has 5 nitrogen and oxygen atoms in total. The van der Waals surface area contributed by atoms with E-state index in [1.54, 1.807) is 0 Å². The highest BCUT2D eigenvalue weighted by Gasteiger charge is 2.52. The largest absolute Gasteiger partial charge is 0.354 e. The van der Waals surface area contributed by atoms with Gasteiger partial charge in [-0.25, -0.2) is 8.42 Å². The van der Waals surface area contributed by atoms with Crippen molar-refractivity contribution < 1.29 is 13.2 Å². The second-order valence-electron chi connectivity index (χ2n) is 6.21. The van der Waals surface area contributed by atoms with E-state index in [2.05, 4.69) is 5.32 Å². The third kappa shape index (κ3) is 4.04. The van der Waals surface area contributed by atoms with Crippen LogP contribution in [-0.2, 0) is 14.6 Å². The molecule has 8 heteroatoms. The van der Waals surface area contributed by atoms with E-state index in [0.29, 0.717) is 31.0 Å². The average Bonchev–Trinajstić information content (AvgIpc) is 3.04.